The van der Waals surface area contributed by atoms with Crippen LogP contribution in [-0.4, -0.2) is 14.5 Å². The molecule has 57 heavy (non-hydrogen) atoms. The monoisotopic (exact) mass is 747 g/mol. The van der Waals surface area contributed by atoms with Crippen molar-refractivity contribution < 1.29 is 4.57 Å². The minimum Gasteiger partial charge on any atom is -0.309 e. The molecule has 10 aromatic rings. The summed E-state index contributed by atoms with van der Waals surface area (Å²) in [4.78, 5) is 10.6. The van der Waals surface area contributed by atoms with Crippen LogP contribution in [0.1, 0.15) is 0 Å². The number of rotatable bonds is 6. The van der Waals surface area contributed by atoms with Crippen molar-refractivity contribution in [3.8, 4) is 61.8 Å². The Hall–Kier alpha value is -7.13. The topological polar surface area (TPSA) is 47.8 Å². The summed E-state index contributed by atoms with van der Waals surface area (Å²) in [6.07, 6.45) is 0. The molecule has 1 atom stereocenters. The fourth-order valence-electron chi connectivity index (χ4n) is 8.57. The molecule has 268 valence electrons. The average molecular weight is 748 g/mol. The summed E-state index contributed by atoms with van der Waals surface area (Å²) < 4.78 is 18.2. The van der Waals surface area contributed by atoms with Gasteiger partial charge in [0.2, 0.25) is 0 Å². The largest absolute Gasteiger partial charge is 0.309 e. The summed E-state index contributed by atoms with van der Waals surface area (Å²) in [5.41, 5.74) is 11.3. The first-order chi connectivity index (χ1) is 28.1. The SMILES string of the molecule is O=P1(c2ccccc2)c2ccccc2-c2ccc3c(c21)c1ccccc1n3-c1cc(-c2ccc(-c3ccccc3)cc2)nc(-c2ccc(-c3ccccc3)cc2)n1. The second kappa shape index (κ2) is 13.3. The van der Waals surface area contributed by atoms with Gasteiger partial charge in [0.25, 0.3) is 0 Å². The van der Waals surface area contributed by atoms with Gasteiger partial charge in [-0.25, -0.2) is 9.97 Å². The van der Waals surface area contributed by atoms with E-state index in [0.29, 0.717) is 5.82 Å². The van der Waals surface area contributed by atoms with Gasteiger partial charge in [-0.15, -0.1) is 0 Å². The van der Waals surface area contributed by atoms with Crippen molar-refractivity contribution in [2.75, 3.05) is 0 Å². The molecule has 1 aliphatic rings. The Balaban J connectivity index is 1.15. The second-order valence-corrected chi connectivity index (χ2v) is 17.2. The Kier molecular flexibility index (Phi) is 7.73. The summed E-state index contributed by atoms with van der Waals surface area (Å²) in [5.74, 6) is 1.37. The molecule has 11 rings (SSSR count). The number of hydrogen-bond acceptors (Lipinski definition) is 3. The van der Waals surface area contributed by atoms with E-state index in [2.05, 4.69) is 150 Å². The van der Waals surface area contributed by atoms with Crippen LogP contribution < -0.4 is 15.9 Å². The number of hydrogen-bond donors (Lipinski definition) is 0. The molecule has 0 amide bonds. The molecule has 1 unspecified atom stereocenters. The first-order valence-electron chi connectivity index (χ1n) is 19.2. The van der Waals surface area contributed by atoms with Gasteiger partial charge in [0.1, 0.15) is 5.82 Å². The van der Waals surface area contributed by atoms with Crippen molar-refractivity contribution in [2.24, 2.45) is 0 Å². The zero-order valence-corrected chi connectivity index (χ0v) is 31.7. The van der Waals surface area contributed by atoms with E-state index in [9.17, 15) is 0 Å². The third-order valence-corrected chi connectivity index (χ3v) is 14.4. The molecule has 8 aromatic carbocycles. The van der Waals surface area contributed by atoms with Crippen LogP contribution in [0.25, 0.3) is 83.6 Å². The standard InChI is InChI=1S/C52H34N3OP/c56-57(41-18-8-3-9-19-41)48-23-13-11-20-42(48)43-32-33-47-50(51(43)57)44-21-10-12-22-46(44)55(47)49-34-45(39-28-24-37(25-29-39)35-14-4-1-5-15-35)53-52(54-49)40-30-26-38(27-31-40)36-16-6-2-7-17-36/h1-34H. The molecule has 5 heteroatoms. The Morgan fingerprint density at radius 3 is 1.65 bits per heavy atom. The highest BCUT2D eigenvalue weighted by atomic mass is 31.2. The summed E-state index contributed by atoms with van der Waals surface area (Å²) in [7, 11) is -3.25. The van der Waals surface area contributed by atoms with Crippen LogP contribution in [0.3, 0.4) is 0 Å². The molecular formula is C52H34N3OP. The van der Waals surface area contributed by atoms with Crippen LogP contribution in [-0.2, 0) is 4.57 Å². The molecule has 0 fully saturated rings. The van der Waals surface area contributed by atoms with E-state index in [1.165, 1.54) is 5.56 Å². The van der Waals surface area contributed by atoms with Gasteiger partial charge in [0, 0.05) is 43.9 Å². The molecule has 0 N–H and O–H groups in total. The quantitative estimate of drug-likeness (QED) is 0.159. The van der Waals surface area contributed by atoms with Crippen molar-refractivity contribution in [3.05, 3.63) is 206 Å². The van der Waals surface area contributed by atoms with Crippen molar-refractivity contribution >= 4 is 44.9 Å². The van der Waals surface area contributed by atoms with Gasteiger partial charge in [0.15, 0.2) is 13.0 Å². The summed E-state index contributed by atoms with van der Waals surface area (Å²) in [6, 6.07) is 70.9. The number of aromatic nitrogens is 3. The zero-order chi connectivity index (χ0) is 37.9. The minimum atomic E-state index is -3.25. The fraction of sp³-hybridized carbons (Fsp3) is 0. The maximum absolute atomic E-state index is 16.0. The third kappa shape index (κ3) is 5.33. The lowest BCUT2D eigenvalue weighted by molar-refractivity contribution is 0.593. The minimum absolute atomic E-state index is 0.628. The molecule has 3 heterocycles. The summed E-state index contributed by atoms with van der Waals surface area (Å²) in [5, 5.41) is 4.65. The van der Waals surface area contributed by atoms with Gasteiger partial charge < -0.3 is 4.57 Å². The first-order valence-corrected chi connectivity index (χ1v) is 20.9. The van der Waals surface area contributed by atoms with Gasteiger partial charge in [-0.1, -0.05) is 188 Å². The molecule has 0 saturated heterocycles. The lowest BCUT2D eigenvalue weighted by Crippen LogP contribution is -2.21. The van der Waals surface area contributed by atoms with Crippen LogP contribution in [0.4, 0.5) is 0 Å². The number of fused-ring (bicyclic) bond motifs is 7. The first kappa shape index (κ1) is 33.2. The van der Waals surface area contributed by atoms with E-state index in [4.69, 9.17) is 9.97 Å². The van der Waals surface area contributed by atoms with E-state index in [0.717, 1.165) is 88.2 Å². The molecule has 0 spiro atoms. The van der Waals surface area contributed by atoms with Crippen molar-refractivity contribution in [2.45, 2.75) is 0 Å². The molecule has 0 aliphatic carbocycles. The maximum Gasteiger partial charge on any atom is 0.172 e. The van der Waals surface area contributed by atoms with Crippen molar-refractivity contribution in [1.29, 1.82) is 0 Å². The molecule has 2 aromatic heterocycles. The zero-order valence-electron chi connectivity index (χ0n) is 30.8. The lowest BCUT2D eigenvalue weighted by atomic mass is 10.0. The smallest absolute Gasteiger partial charge is 0.172 e. The molecular weight excluding hydrogens is 714 g/mol. The predicted octanol–water partition coefficient (Wildman–Crippen LogP) is 11.9. The molecule has 4 nitrogen and oxygen atoms in total. The van der Waals surface area contributed by atoms with Crippen molar-refractivity contribution in [1.82, 2.24) is 14.5 Å². The van der Waals surface area contributed by atoms with Crippen LogP contribution in [0, 0.1) is 0 Å². The number of nitrogens with zero attached hydrogens (tertiary/aromatic N) is 3. The molecule has 0 bridgehead atoms. The fourth-order valence-corrected chi connectivity index (χ4v) is 11.9. The highest BCUT2D eigenvalue weighted by Crippen LogP contribution is 2.55. The van der Waals surface area contributed by atoms with Crippen LogP contribution in [0.15, 0.2) is 206 Å². The number of benzene rings is 8. The number of para-hydroxylation sites is 1. The van der Waals surface area contributed by atoms with Gasteiger partial charge in [0.05, 0.1) is 16.7 Å². The lowest BCUT2D eigenvalue weighted by Gasteiger charge is -2.17. The van der Waals surface area contributed by atoms with Crippen LogP contribution in [0.5, 0.6) is 0 Å². The van der Waals surface area contributed by atoms with Gasteiger partial charge in [-0.05, 0) is 45.5 Å². The highest BCUT2D eigenvalue weighted by molar-refractivity contribution is 7.86. The summed E-state index contributed by atoms with van der Waals surface area (Å²) >= 11 is 0. The Bertz CT molecular complexity index is 3070. The normalized spacial score (nSPS) is 14.5. The van der Waals surface area contributed by atoms with Crippen LogP contribution in [0.2, 0.25) is 0 Å². The third-order valence-electron chi connectivity index (χ3n) is 11.3. The predicted molar refractivity (Wildman–Crippen MR) is 237 cm³/mol. The van der Waals surface area contributed by atoms with Gasteiger partial charge in [-0.2, -0.15) is 0 Å². The van der Waals surface area contributed by atoms with E-state index in [-0.39, 0.29) is 0 Å². The molecule has 0 saturated carbocycles. The van der Waals surface area contributed by atoms with Crippen molar-refractivity contribution in [3.63, 3.8) is 0 Å². The van der Waals surface area contributed by atoms with E-state index in [1.54, 1.807) is 0 Å². The highest BCUT2D eigenvalue weighted by Gasteiger charge is 2.42. The van der Waals surface area contributed by atoms with E-state index >= 15 is 4.57 Å². The maximum atomic E-state index is 16.0. The van der Waals surface area contributed by atoms with Gasteiger partial charge in [-0.3, -0.25) is 4.57 Å². The molecule has 0 radical (unpaired) electrons. The van der Waals surface area contributed by atoms with E-state index in [1.807, 2.05) is 60.7 Å². The summed E-state index contributed by atoms with van der Waals surface area (Å²) in [6.45, 7) is 0. The Morgan fingerprint density at radius 2 is 0.965 bits per heavy atom. The molecule has 1 aliphatic heterocycles. The van der Waals surface area contributed by atoms with Crippen LogP contribution >= 0.6 is 7.14 Å². The Labute approximate surface area is 330 Å². The average Bonchev–Trinajstić information content (AvgIpc) is 3.77. The second-order valence-electron chi connectivity index (χ2n) is 14.5. The van der Waals surface area contributed by atoms with E-state index < -0.39 is 7.14 Å². The van der Waals surface area contributed by atoms with Gasteiger partial charge >= 0.3 is 0 Å². The Morgan fingerprint density at radius 1 is 0.421 bits per heavy atom.